The Morgan fingerprint density at radius 2 is 1.81 bits per heavy atom. The Labute approximate surface area is 128 Å². The minimum absolute atomic E-state index is 0.0667. The normalized spacial score (nSPS) is 18.5. The number of benzene rings is 1. The van der Waals surface area contributed by atoms with E-state index in [1.807, 2.05) is 0 Å². The van der Waals surface area contributed by atoms with Crippen molar-refractivity contribution in [2.75, 3.05) is 32.8 Å². The van der Waals surface area contributed by atoms with Gasteiger partial charge in [-0.15, -0.1) is 0 Å². The van der Waals surface area contributed by atoms with Crippen molar-refractivity contribution in [3.63, 3.8) is 0 Å². The molecule has 0 spiro atoms. The molecule has 1 aromatic carbocycles. The highest BCUT2D eigenvalue weighted by molar-refractivity contribution is 5.78. The first-order valence-electron chi connectivity index (χ1n) is 7.90. The molecule has 1 aromatic rings. The number of hydrogen-bond donors (Lipinski definition) is 1. The molecule has 0 aromatic heterocycles. The predicted molar refractivity (Wildman–Crippen MR) is 87.6 cm³/mol. The second kappa shape index (κ2) is 7.46. The predicted octanol–water partition coefficient (Wildman–Crippen LogP) is 2.39. The minimum atomic E-state index is 0.0667. The van der Waals surface area contributed by atoms with E-state index in [0.717, 1.165) is 45.7 Å². The average Bonchev–Trinajstić information content (AvgIpc) is 2.56. The van der Waals surface area contributed by atoms with E-state index >= 15 is 0 Å². The highest BCUT2D eigenvalue weighted by Gasteiger charge is 2.34. The molecule has 4 nitrogen and oxygen atoms in total. The Kier molecular flexibility index (Phi) is 5.62. The maximum atomic E-state index is 6.14. The van der Waals surface area contributed by atoms with E-state index in [2.05, 4.69) is 49.1 Å². The number of nitrogens with zero attached hydrogens (tertiary/aromatic N) is 2. The van der Waals surface area contributed by atoms with Gasteiger partial charge in [-0.25, -0.2) is 0 Å². The lowest BCUT2D eigenvalue weighted by Crippen LogP contribution is -2.41. The summed E-state index contributed by atoms with van der Waals surface area (Å²) in [5, 5.41) is 0. The minimum Gasteiger partial charge on any atom is -0.381 e. The first-order chi connectivity index (χ1) is 10.2. The van der Waals surface area contributed by atoms with E-state index in [1.54, 1.807) is 0 Å². The molecular weight excluding hydrogens is 262 g/mol. The van der Waals surface area contributed by atoms with Crippen LogP contribution in [0, 0.1) is 0 Å². The average molecular weight is 289 g/mol. The summed E-state index contributed by atoms with van der Waals surface area (Å²) in [5.41, 5.74) is 7.56. The van der Waals surface area contributed by atoms with Crippen molar-refractivity contribution < 1.29 is 4.74 Å². The van der Waals surface area contributed by atoms with Crippen molar-refractivity contribution in [3.8, 4) is 0 Å². The van der Waals surface area contributed by atoms with Gasteiger partial charge in [0.1, 0.15) is 0 Å². The van der Waals surface area contributed by atoms with Crippen LogP contribution < -0.4 is 5.73 Å². The Hall–Kier alpha value is -1.55. The molecule has 0 bridgehead atoms. The first-order valence-corrected chi connectivity index (χ1v) is 7.90. The molecule has 0 radical (unpaired) electrons. The molecule has 1 saturated heterocycles. The standard InChI is InChI=1S/C17H27N3O/c1-3-20(4-2)16(18)19-14-17(10-12-21-13-11-17)15-8-6-5-7-9-15/h5-9H,3-4,10-14H2,1-2H3,(H2,18,19). The molecule has 0 saturated carbocycles. The van der Waals surface area contributed by atoms with Crippen LogP contribution in [0.25, 0.3) is 0 Å². The summed E-state index contributed by atoms with van der Waals surface area (Å²) >= 11 is 0. The maximum absolute atomic E-state index is 6.14. The number of guanidine groups is 1. The molecule has 1 aliphatic heterocycles. The Morgan fingerprint density at radius 1 is 1.19 bits per heavy atom. The lowest BCUT2D eigenvalue weighted by Gasteiger charge is -2.37. The summed E-state index contributed by atoms with van der Waals surface area (Å²) in [7, 11) is 0. The van der Waals surface area contributed by atoms with Gasteiger partial charge in [0, 0.05) is 31.7 Å². The van der Waals surface area contributed by atoms with Gasteiger partial charge in [-0.2, -0.15) is 0 Å². The van der Waals surface area contributed by atoms with Crippen LogP contribution in [-0.4, -0.2) is 43.7 Å². The molecular formula is C17H27N3O. The highest BCUT2D eigenvalue weighted by atomic mass is 16.5. The van der Waals surface area contributed by atoms with E-state index in [9.17, 15) is 0 Å². The van der Waals surface area contributed by atoms with Crippen molar-refractivity contribution >= 4 is 5.96 Å². The fraction of sp³-hybridized carbons (Fsp3) is 0.588. The molecule has 1 aliphatic rings. The van der Waals surface area contributed by atoms with Crippen LogP contribution in [0.4, 0.5) is 0 Å². The molecule has 0 aliphatic carbocycles. The van der Waals surface area contributed by atoms with Crippen LogP contribution in [0.15, 0.2) is 35.3 Å². The van der Waals surface area contributed by atoms with Gasteiger partial charge in [0.05, 0.1) is 6.54 Å². The molecule has 1 heterocycles. The van der Waals surface area contributed by atoms with Gasteiger partial charge in [0.2, 0.25) is 0 Å². The van der Waals surface area contributed by atoms with Crippen LogP contribution in [0.5, 0.6) is 0 Å². The number of aliphatic imine (C=N–C) groups is 1. The number of rotatable bonds is 5. The lowest BCUT2D eigenvalue weighted by atomic mass is 9.74. The van der Waals surface area contributed by atoms with E-state index < -0.39 is 0 Å². The fourth-order valence-electron chi connectivity index (χ4n) is 2.97. The van der Waals surface area contributed by atoms with Gasteiger partial charge in [0.15, 0.2) is 5.96 Å². The molecule has 2 N–H and O–H groups in total. The van der Waals surface area contributed by atoms with E-state index in [-0.39, 0.29) is 5.41 Å². The summed E-state index contributed by atoms with van der Waals surface area (Å²) < 4.78 is 5.55. The van der Waals surface area contributed by atoms with Crippen LogP contribution in [0.1, 0.15) is 32.3 Å². The second-order valence-corrected chi connectivity index (χ2v) is 5.61. The monoisotopic (exact) mass is 289 g/mol. The topological polar surface area (TPSA) is 50.8 Å². The van der Waals surface area contributed by atoms with Gasteiger partial charge in [-0.05, 0) is 32.3 Å². The van der Waals surface area contributed by atoms with Crippen molar-refractivity contribution in [1.29, 1.82) is 0 Å². The van der Waals surface area contributed by atoms with E-state index in [1.165, 1.54) is 5.56 Å². The number of nitrogens with two attached hydrogens (primary N) is 1. The van der Waals surface area contributed by atoms with Gasteiger partial charge >= 0.3 is 0 Å². The van der Waals surface area contributed by atoms with Crippen LogP contribution in [0.3, 0.4) is 0 Å². The van der Waals surface area contributed by atoms with Crippen molar-refractivity contribution in [1.82, 2.24) is 4.90 Å². The zero-order valence-electron chi connectivity index (χ0n) is 13.2. The third-order valence-corrected chi connectivity index (χ3v) is 4.47. The fourth-order valence-corrected chi connectivity index (χ4v) is 2.97. The van der Waals surface area contributed by atoms with Crippen LogP contribution in [0.2, 0.25) is 0 Å². The molecule has 116 valence electrons. The molecule has 2 rings (SSSR count). The van der Waals surface area contributed by atoms with Gasteiger partial charge in [0.25, 0.3) is 0 Å². The smallest absolute Gasteiger partial charge is 0.191 e. The summed E-state index contributed by atoms with van der Waals surface area (Å²) in [4.78, 5) is 6.80. The number of hydrogen-bond acceptors (Lipinski definition) is 2. The van der Waals surface area contributed by atoms with Crippen molar-refractivity contribution in [2.24, 2.45) is 10.7 Å². The first kappa shape index (κ1) is 15.8. The summed E-state index contributed by atoms with van der Waals surface area (Å²) in [6.07, 6.45) is 2.01. The van der Waals surface area contributed by atoms with E-state index in [0.29, 0.717) is 5.96 Å². The molecule has 0 atom stereocenters. The molecule has 1 fully saturated rings. The molecule has 21 heavy (non-hydrogen) atoms. The third-order valence-electron chi connectivity index (χ3n) is 4.47. The Morgan fingerprint density at radius 3 is 2.38 bits per heavy atom. The second-order valence-electron chi connectivity index (χ2n) is 5.61. The zero-order chi connectivity index (χ0) is 15.1. The Bertz CT molecular complexity index is 448. The maximum Gasteiger partial charge on any atom is 0.191 e. The van der Waals surface area contributed by atoms with Gasteiger partial charge in [-0.3, -0.25) is 4.99 Å². The summed E-state index contributed by atoms with van der Waals surface area (Å²) in [6.45, 7) is 8.34. The zero-order valence-corrected chi connectivity index (χ0v) is 13.2. The quantitative estimate of drug-likeness (QED) is 0.669. The van der Waals surface area contributed by atoms with Crippen LogP contribution >= 0.6 is 0 Å². The molecule has 0 unspecified atom stereocenters. The molecule has 0 amide bonds. The van der Waals surface area contributed by atoms with Gasteiger partial charge < -0.3 is 15.4 Å². The SMILES string of the molecule is CCN(CC)C(N)=NCC1(c2ccccc2)CCOCC1. The van der Waals surface area contributed by atoms with E-state index in [4.69, 9.17) is 15.5 Å². The largest absolute Gasteiger partial charge is 0.381 e. The Balaban J connectivity index is 2.20. The number of ether oxygens (including phenoxy) is 1. The van der Waals surface area contributed by atoms with Gasteiger partial charge in [-0.1, -0.05) is 30.3 Å². The third kappa shape index (κ3) is 3.76. The van der Waals surface area contributed by atoms with Crippen LogP contribution in [-0.2, 0) is 10.2 Å². The van der Waals surface area contributed by atoms with Crippen molar-refractivity contribution in [3.05, 3.63) is 35.9 Å². The molecule has 4 heteroatoms. The summed E-state index contributed by atoms with van der Waals surface area (Å²) in [6, 6.07) is 10.7. The highest BCUT2D eigenvalue weighted by Crippen LogP contribution is 2.35. The summed E-state index contributed by atoms with van der Waals surface area (Å²) in [5.74, 6) is 0.654. The van der Waals surface area contributed by atoms with Crippen molar-refractivity contribution in [2.45, 2.75) is 32.1 Å². The lowest BCUT2D eigenvalue weighted by molar-refractivity contribution is 0.0530.